The van der Waals surface area contributed by atoms with Crippen LogP contribution in [-0.2, 0) is 4.79 Å². The first-order valence-corrected chi connectivity index (χ1v) is 6.65. The summed E-state index contributed by atoms with van der Waals surface area (Å²) in [5.74, 6) is 0.190. The predicted octanol–water partition coefficient (Wildman–Crippen LogP) is 2.20. The molecule has 0 heterocycles. The van der Waals surface area contributed by atoms with Crippen molar-refractivity contribution >= 4 is 5.91 Å². The van der Waals surface area contributed by atoms with E-state index in [0.717, 1.165) is 38.5 Å². The van der Waals surface area contributed by atoms with Gasteiger partial charge < -0.3 is 11.1 Å². The van der Waals surface area contributed by atoms with Crippen molar-refractivity contribution in [3.63, 3.8) is 0 Å². The van der Waals surface area contributed by atoms with Crippen LogP contribution < -0.4 is 11.1 Å². The smallest absolute Gasteiger partial charge is 0.227 e. The molecule has 0 bridgehead atoms. The summed E-state index contributed by atoms with van der Waals surface area (Å²) in [5.41, 5.74) is 5.56. The second-order valence-corrected chi connectivity index (χ2v) is 5.21. The molecule has 0 aromatic carbocycles. The van der Waals surface area contributed by atoms with Crippen molar-refractivity contribution in [2.24, 2.45) is 11.1 Å². The fourth-order valence-electron chi connectivity index (χ4n) is 2.63. The number of rotatable bonds is 5. The lowest BCUT2D eigenvalue weighted by atomic mass is 9.73. The maximum absolute atomic E-state index is 12.2. The highest BCUT2D eigenvalue weighted by Crippen LogP contribution is 2.35. The van der Waals surface area contributed by atoms with Crippen LogP contribution >= 0.6 is 0 Å². The monoisotopic (exact) mass is 226 g/mol. The molecule has 16 heavy (non-hydrogen) atoms. The third-order valence-electron chi connectivity index (χ3n) is 3.78. The Bertz CT molecular complexity index is 222. The van der Waals surface area contributed by atoms with E-state index in [-0.39, 0.29) is 17.4 Å². The fraction of sp³-hybridized carbons (Fsp3) is 0.923. The number of carbonyl (C=O) groups is 1. The van der Waals surface area contributed by atoms with E-state index in [1.54, 1.807) is 0 Å². The van der Waals surface area contributed by atoms with Gasteiger partial charge in [0.25, 0.3) is 0 Å². The molecular weight excluding hydrogens is 200 g/mol. The van der Waals surface area contributed by atoms with Crippen LogP contribution in [0.15, 0.2) is 0 Å². The first-order chi connectivity index (χ1) is 7.64. The van der Waals surface area contributed by atoms with Gasteiger partial charge in [0.15, 0.2) is 0 Å². The quantitative estimate of drug-likeness (QED) is 0.755. The van der Waals surface area contributed by atoms with E-state index in [0.29, 0.717) is 6.54 Å². The minimum absolute atomic E-state index is 0.190. The summed E-state index contributed by atoms with van der Waals surface area (Å²) in [5, 5.41) is 3.12. The van der Waals surface area contributed by atoms with Crippen molar-refractivity contribution < 1.29 is 4.79 Å². The van der Waals surface area contributed by atoms with Crippen LogP contribution in [0.1, 0.15) is 58.8 Å². The Hall–Kier alpha value is -0.570. The molecule has 0 aromatic heterocycles. The molecule has 3 N–H and O–H groups in total. The van der Waals surface area contributed by atoms with E-state index in [2.05, 4.69) is 19.2 Å². The van der Waals surface area contributed by atoms with E-state index in [4.69, 9.17) is 5.73 Å². The van der Waals surface area contributed by atoms with Gasteiger partial charge in [0, 0.05) is 12.6 Å². The van der Waals surface area contributed by atoms with E-state index >= 15 is 0 Å². The molecule has 1 rings (SSSR count). The molecule has 1 saturated carbocycles. The Morgan fingerprint density at radius 3 is 2.50 bits per heavy atom. The number of hydrogen-bond donors (Lipinski definition) is 2. The number of carbonyl (C=O) groups excluding carboxylic acids is 1. The predicted molar refractivity (Wildman–Crippen MR) is 67.1 cm³/mol. The van der Waals surface area contributed by atoms with Gasteiger partial charge in [-0.05, 0) is 26.2 Å². The lowest BCUT2D eigenvalue weighted by molar-refractivity contribution is -0.133. The molecule has 0 aromatic rings. The average Bonchev–Trinajstić information content (AvgIpc) is 2.30. The molecule has 0 radical (unpaired) electrons. The van der Waals surface area contributed by atoms with Gasteiger partial charge in [0.05, 0.1) is 5.41 Å². The average molecular weight is 226 g/mol. The van der Waals surface area contributed by atoms with Gasteiger partial charge in [-0.3, -0.25) is 4.79 Å². The van der Waals surface area contributed by atoms with Gasteiger partial charge in [-0.25, -0.2) is 0 Å². The van der Waals surface area contributed by atoms with Crippen LogP contribution in [0.3, 0.4) is 0 Å². The number of hydrogen-bond acceptors (Lipinski definition) is 2. The summed E-state index contributed by atoms with van der Waals surface area (Å²) in [6.45, 7) is 4.72. The highest BCUT2D eigenvalue weighted by atomic mass is 16.2. The summed E-state index contributed by atoms with van der Waals surface area (Å²) in [4.78, 5) is 12.2. The lowest BCUT2D eigenvalue weighted by Gasteiger charge is -2.35. The third-order valence-corrected chi connectivity index (χ3v) is 3.78. The zero-order valence-electron chi connectivity index (χ0n) is 10.7. The molecule has 1 atom stereocenters. The van der Waals surface area contributed by atoms with Crippen molar-refractivity contribution in [1.29, 1.82) is 0 Å². The van der Waals surface area contributed by atoms with E-state index in [1.165, 1.54) is 6.42 Å². The Labute approximate surface area is 99.2 Å². The highest BCUT2D eigenvalue weighted by molar-refractivity contribution is 5.83. The van der Waals surface area contributed by atoms with Crippen LogP contribution in [0.25, 0.3) is 0 Å². The molecule has 0 aliphatic heterocycles. The molecule has 1 fully saturated rings. The standard InChI is InChI=1S/C13H26N2O/c1-3-7-11(2)15-12(16)13(10-14)8-5-4-6-9-13/h11H,3-10,14H2,1-2H3,(H,15,16). The van der Waals surface area contributed by atoms with Crippen LogP contribution in [0.5, 0.6) is 0 Å². The van der Waals surface area contributed by atoms with Crippen molar-refractivity contribution in [2.75, 3.05) is 6.54 Å². The van der Waals surface area contributed by atoms with Crippen LogP contribution in [0.4, 0.5) is 0 Å². The van der Waals surface area contributed by atoms with Gasteiger partial charge >= 0.3 is 0 Å². The van der Waals surface area contributed by atoms with Gasteiger partial charge in [0.1, 0.15) is 0 Å². The molecule has 0 saturated heterocycles. The topological polar surface area (TPSA) is 55.1 Å². The summed E-state index contributed by atoms with van der Waals surface area (Å²) in [7, 11) is 0. The van der Waals surface area contributed by atoms with Gasteiger partial charge in [-0.1, -0.05) is 32.6 Å². The molecule has 1 aliphatic rings. The van der Waals surface area contributed by atoms with E-state index in [1.807, 2.05) is 0 Å². The zero-order chi connectivity index (χ0) is 12.0. The Morgan fingerprint density at radius 2 is 2.00 bits per heavy atom. The van der Waals surface area contributed by atoms with Crippen LogP contribution in [0.2, 0.25) is 0 Å². The highest BCUT2D eigenvalue weighted by Gasteiger charge is 2.38. The van der Waals surface area contributed by atoms with Crippen molar-refractivity contribution in [2.45, 2.75) is 64.8 Å². The van der Waals surface area contributed by atoms with Crippen molar-refractivity contribution in [1.82, 2.24) is 5.32 Å². The Kier molecular flexibility index (Phi) is 5.26. The van der Waals surface area contributed by atoms with E-state index in [9.17, 15) is 4.79 Å². The second kappa shape index (κ2) is 6.24. The largest absolute Gasteiger partial charge is 0.353 e. The van der Waals surface area contributed by atoms with Crippen LogP contribution in [-0.4, -0.2) is 18.5 Å². The maximum Gasteiger partial charge on any atom is 0.227 e. The third kappa shape index (κ3) is 3.21. The molecule has 1 unspecified atom stereocenters. The first-order valence-electron chi connectivity index (χ1n) is 6.65. The Morgan fingerprint density at radius 1 is 1.38 bits per heavy atom. The number of amides is 1. The lowest BCUT2D eigenvalue weighted by Crippen LogP contribution is -2.49. The summed E-state index contributed by atoms with van der Waals surface area (Å²) in [6, 6.07) is 0.280. The molecule has 1 aliphatic carbocycles. The summed E-state index contributed by atoms with van der Waals surface area (Å²) in [6.07, 6.45) is 7.63. The Balaban J connectivity index is 2.54. The molecule has 3 heteroatoms. The molecule has 1 amide bonds. The molecule has 3 nitrogen and oxygen atoms in total. The van der Waals surface area contributed by atoms with Gasteiger partial charge in [0.2, 0.25) is 5.91 Å². The summed E-state index contributed by atoms with van der Waals surface area (Å²) < 4.78 is 0. The zero-order valence-corrected chi connectivity index (χ0v) is 10.7. The van der Waals surface area contributed by atoms with E-state index < -0.39 is 0 Å². The molecular formula is C13H26N2O. The number of nitrogens with two attached hydrogens (primary N) is 1. The van der Waals surface area contributed by atoms with Gasteiger partial charge in [-0.2, -0.15) is 0 Å². The minimum atomic E-state index is -0.264. The van der Waals surface area contributed by atoms with Gasteiger partial charge in [-0.15, -0.1) is 0 Å². The normalized spacial score (nSPS) is 21.4. The molecule has 94 valence electrons. The first kappa shape index (κ1) is 13.5. The number of nitrogens with one attached hydrogen (secondary N) is 1. The summed E-state index contributed by atoms with van der Waals surface area (Å²) >= 11 is 0. The van der Waals surface area contributed by atoms with Crippen molar-refractivity contribution in [3.8, 4) is 0 Å². The second-order valence-electron chi connectivity index (χ2n) is 5.21. The minimum Gasteiger partial charge on any atom is -0.353 e. The SMILES string of the molecule is CCCC(C)NC(=O)C1(CN)CCCCC1. The molecule has 0 spiro atoms. The van der Waals surface area contributed by atoms with Crippen LogP contribution in [0, 0.1) is 5.41 Å². The van der Waals surface area contributed by atoms with Crippen molar-refractivity contribution in [3.05, 3.63) is 0 Å². The fourth-order valence-corrected chi connectivity index (χ4v) is 2.63. The maximum atomic E-state index is 12.2.